The minimum atomic E-state index is 0.148. The Labute approximate surface area is 112 Å². The molecule has 0 aliphatic rings. The first-order chi connectivity index (χ1) is 9.33. The number of nitrogens with one attached hydrogen (secondary N) is 1. The van der Waals surface area contributed by atoms with Gasteiger partial charge in [-0.3, -0.25) is 0 Å². The summed E-state index contributed by atoms with van der Waals surface area (Å²) in [6.07, 6.45) is 5.77. The zero-order valence-electron chi connectivity index (χ0n) is 10.8. The van der Waals surface area contributed by atoms with Gasteiger partial charge in [0.15, 0.2) is 0 Å². The maximum atomic E-state index is 5.40. The first kappa shape index (κ1) is 11.7. The van der Waals surface area contributed by atoms with E-state index in [4.69, 9.17) is 4.42 Å². The molecule has 0 bridgehead atoms. The van der Waals surface area contributed by atoms with Gasteiger partial charge in [0.05, 0.1) is 12.3 Å². The smallest absolute Gasteiger partial charge is 0.125 e. The lowest BCUT2D eigenvalue weighted by Gasteiger charge is -2.14. The minimum Gasteiger partial charge on any atom is -0.467 e. The molecule has 2 aromatic heterocycles. The van der Waals surface area contributed by atoms with Gasteiger partial charge in [0.2, 0.25) is 0 Å². The average Bonchev–Trinajstić information content (AvgIpc) is 3.13. The maximum Gasteiger partial charge on any atom is 0.125 e. The SMILES string of the molecule is CC(Nc1cccc(-n2cccc2)c1)c1ccco1. The molecule has 0 aliphatic heterocycles. The van der Waals surface area contributed by atoms with Gasteiger partial charge in [0.25, 0.3) is 0 Å². The summed E-state index contributed by atoms with van der Waals surface area (Å²) in [5, 5.41) is 3.44. The van der Waals surface area contributed by atoms with Gasteiger partial charge in [-0.1, -0.05) is 6.07 Å². The molecule has 0 radical (unpaired) electrons. The van der Waals surface area contributed by atoms with Crippen molar-refractivity contribution in [2.24, 2.45) is 0 Å². The fraction of sp³-hybridized carbons (Fsp3) is 0.125. The van der Waals surface area contributed by atoms with Gasteiger partial charge < -0.3 is 14.3 Å². The van der Waals surface area contributed by atoms with Crippen LogP contribution in [0.3, 0.4) is 0 Å². The molecule has 3 aromatic rings. The highest BCUT2D eigenvalue weighted by Gasteiger charge is 2.08. The van der Waals surface area contributed by atoms with Gasteiger partial charge in [-0.2, -0.15) is 0 Å². The van der Waals surface area contributed by atoms with E-state index in [1.807, 2.05) is 42.7 Å². The Hall–Kier alpha value is -2.42. The number of furan rings is 1. The Morgan fingerprint density at radius 3 is 2.63 bits per heavy atom. The lowest BCUT2D eigenvalue weighted by atomic mass is 10.2. The van der Waals surface area contributed by atoms with Crippen LogP contribution in [0.4, 0.5) is 5.69 Å². The maximum absolute atomic E-state index is 5.40. The number of nitrogens with zero attached hydrogens (tertiary/aromatic N) is 1. The van der Waals surface area contributed by atoms with E-state index in [9.17, 15) is 0 Å². The molecule has 19 heavy (non-hydrogen) atoms. The number of hydrogen-bond donors (Lipinski definition) is 1. The molecule has 0 amide bonds. The zero-order valence-corrected chi connectivity index (χ0v) is 10.8. The molecule has 0 saturated heterocycles. The molecule has 0 fully saturated rings. The van der Waals surface area contributed by atoms with Crippen molar-refractivity contribution < 1.29 is 4.42 Å². The second-order valence-corrected chi connectivity index (χ2v) is 4.52. The van der Waals surface area contributed by atoms with E-state index in [-0.39, 0.29) is 6.04 Å². The van der Waals surface area contributed by atoms with Crippen LogP contribution in [-0.2, 0) is 0 Å². The molecule has 0 saturated carbocycles. The Bertz CT molecular complexity index is 627. The predicted molar refractivity (Wildman–Crippen MR) is 76.5 cm³/mol. The van der Waals surface area contributed by atoms with Gasteiger partial charge in [0, 0.05) is 23.8 Å². The van der Waals surface area contributed by atoms with Crippen LogP contribution >= 0.6 is 0 Å². The van der Waals surface area contributed by atoms with Crippen molar-refractivity contribution in [3.05, 3.63) is 72.9 Å². The van der Waals surface area contributed by atoms with Gasteiger partial charge in [-0.05, 0) is 49.4 Å². The second-order valence-electron chi connectivity index (χ2n) is 4.52. The van der Waals surface area contributed by atoms with Crippen LogP contribution in [0.2, 0.25) is 0 Å². The van der Waals surface area contributed by atoms with E-state index >= 15 is 0 Å². The van der Waals surface area contributed by atoms with Crippen LogP contribution < -0.4 is 5.32 Å². The highest BCUT2D eigenvalue weighted by Crippen LogP contribution is 2.21. The standard InChI is InChI=1S/C16H16N2O/c1-13(16-8-5-11-19-16)17-14-6-4-7-15(12-14)18-9-2-3-10-18/h2-13,17H,1H3. The van der Waals surface area contributed by atoms with Gasteiger partial charge >= 0.3 is 0 Å². The quantitative estimate of drug-likeness (QED) is 0.752. The Kier molecular flexibility index (Phi) is 3.11. The molecule has 3 rings (SSSR count). The molecule has 3 nitrogen and oxygen atoms in total. The van der Waals surface area contributed by atoms with E-state index in [0.717, 1.165) is 17.1 Å². The number of rotatable bonds is 4. The van der Waals surface area contributed by atoms with E-state index in [1.165, 1.54) is 0 Å². The molecule has 96 valence electrons. The van der Waals surface area contributed by atoms with Crippen LogP contribution in [0, 0.1) is 0 Å². The van der Waals surface area contributed by atoms with Crippen molar-refractivity contribution in [2.75, 3.05) is 5.32 Å². The van der Waals surface area contributed by atoms with Crippen LogP contribution in [0.1, 0.15) is 18.7 Å². The summed E-state index contributed by atoms with van der Waals surface area (Å²) in [4.78, 5) is 0. The van der Waals surface area contributed by atoms with E-state index in [2.05, 4.69) is 35.0 Å². The summed E-state index contributed by atoms with van der Waals surface area (Å²) in [6.45, 7) is 2.08. The molecule has 1 N–H and O–H groups in total. The molecule has 1 aromatic carbocycles. The van der Waals surface area contributed by atoms with E-state index in [1.54, 1.807) is 6.26 Å². The number of aromatic nitrogens is 1. The number of anilines is 1. The van der Waals surface area contributed by atoms with Gasteiger partial charge in [0.1, 0.15) is 5.76 Å². The van der Waals surface area contributed by atoms with Crippen molar-refractivity contribution >= 4 is 5.69 Å². The largest absolute Gasteiger partial charge is 0.467 e. The fourth-order valence-electron chi connectivity index (χ4n) is 2.12. The summed E-state index contributed by atoms with van der Waals surface area (Å²) in [5.74, 6) is 0.936. The van der Waals surface area contributed by atoms with E-state index in [0.29, 0.717) is 0 Å². The third-order valence-corrected chi connectivity index (χ3v) is 3.10. The van der Waals surface area contributed by atoms with Crippen LogP contribution in [0.25, 0.3) is 5.69 Å². The van der Waals surface area contributed by atoms with Crippen LogP contribution in [0.5, 0.6) is 0 Å². The lowest BCUT2D eigenvalue weighted by Crippen LogP contribution is -2.05. The highest BCUT2D eigenvalue weighted by atomic mass is 16.3. The minimum absolute atomic E-state index is 0.148. The molecular formula is C16H16N2O. The summed E-state index contributed by atoms with van der Waals surface area (Å²) in [5.41, 5.74) is 2.22. The number of benzene rings is 1. The Balaban J connectivity index is 1.80. The van der Waals surface area contributed by atoms with Crippen molar-refractivity contribution in [3.63, 3.8) is 0 Å². The monoisotopic (exact) mass is 252 g/mol. The molecular weight excluding hydrogens is 236 g/mol. The van der Waals surface area contributed by atoms with Crippen molar-refractivity contribution in [1.82, 2.24) is 4.57 Å². The topological polar surface area (TPSA) is 30.1 Å². The molecule has 0 spiro atoms. The van der Waals surface area contributed by atoms with Crippen molar-refractivity contribution in [2.45, 2.75) is 13.0 Å². The first-order valence-corrected chi connectivity index (χ1v) is 6.36. The van der Waals surface area contributed by atoms with Gasteiger partial charge in [-0.15, -0.1) is 0 Å². The molecule has 2 heterocycles. The third kappa shape index (κ3) is 2.55. The van der Waals surface area contributed by atoms with Crippen molar-refractivity contribution in [3.8, 4) is 5.69 Å². The molecule has 1 unspecified atom stereocenters. The first-order valence-electron chi connectivity index (χ1n) is 6.36. The second kappa shape index (κ2) is 5.06. The normalized spacial score (nSPS) is 12.3. The Morgan fingerprint density at radius 2 is 1.89 bits per heavy atom. The summed E-state index contributed by atoms with van der Waals surface area (Å²) >= 11 is 0. The van der Waals surface area contributed by atoms with Crippen molar-refractivity contribution in [1.29, 1.82) is 0 Å². The third-order valence-electron chi connectivity index (χ3n) is 3.10. The molecule has 0 aliphatic carbocycles. The van der Waals surface area contributed by atoms with Crippen LogP contribution in [0.15, 0.2) is 71.6 Å². The molecule has 1 atom stereocenters. The number of hydrogen-bond acceptors (Lipinski definition) is 2. The summed E-state index contributed by atoms with van der Waals surface area (Å²) < 4.78 is 7.49. The average molecular weight is 252 g/mol. The lowest BCUT2D eigenvalue weighted by molar-refractivity contribution is 0.490. The Morgan fingerprint density at radius 1 is 1.05 bits per heavy atom. The highest BCUT2D eigenvalue weighted by molar-refractivity contribution is 5.52. The molecule has 3 heteroatoms. The summed E-state index contributed by atoms with van der Waals surface area (Å²) in [6, 6.07) is 16.4. The van der Waals surface area contributed by atoms with Crippen LogP contribution in [-0.4, -0.2) is 4.57 Å². The van der Waals surface area contributed by atoms with Gasteiger partial charge in [-0.25, -0.2) is 0 Å². The zero-order chi connectivity index (χ0) is 13.1. The fourth-order valence-corrected chi connectivity index (χ4v) is 2.12. The summed E-state index contributed by atoms with van der Waals surface area (Å²) in [7, 11) is 0. The van der Waals surface area contributed by atoms with E-state index < -0.39 is 0 Å². The predicted octanol–water partition coefficient (Wildman–Crippen LogP) is 4.24.